The van der Waals surface area contributed by atoms with Crippen molar-refractivity contribution in [2.45, 2.75) is 38.3 Å². The van der Waals surface area contributed by atoms with Gasteiger partial charge in [-0.25, -0.2) is 0 Å². The van der Waals surface area contributed by atoms with Crippen molar-refractivity contribution in [2.24, 2.45) is 7.05 Å². The summed E-state index contributed by atoms with van der Waals surface area (Å²) in [4.78, 5) is 0. The second-order valence-electron chi connectivity index (χ2n) is 5.57. The molecule has 0 radical (unpaired) electrons. The van der Waals surface area contributed by atoms with E-state index in [0.29, 0.717) is 6.04 Å². The molecule has 3 rings (SSSR count). The van der Waals surface area contributed by atoms with Crippen molar-refractivity contribution in [3.8, 4) is 0 Å². The highest BCUT2D eigenvalue weighted by Gasteiger charge is 2.29. The maximum absolute atomic E-state index is 4.37. The van der Waals surface area contributed by atoms with Gasteiger partial charge in [-0.15, -0.1) is 0 Å². The Morgan fingerprint density at radius 2 is 2.00 bits per heavy atom. The van der Waals surface area contributed by atoms with Gasteiger partial charge in [0.25, 0.3) is 0 Å². The molecule has 1 fully saturated rings. The van der Waals surface area contributed by atoms with Gasteiger partial charge in [0.1, 0.15) is 0 Å². The molecular weight excluding hydrogens is 234 g/mol. The van der Waals surface area contributed by atoms with Gasteiger partial charge in [-0.2, -0.15) is 5.10 Å². The zero-order valence-electron chi connectivity index (χ0n) is 11.6. The Bertz CT molecular complexity index is 538. The Balaban J connectivity index is 1.48. The number of benzene rings is 1. The van der Waals surface area contributed by atoms with Gasteiger partial charge < -0.3 is 5.32 Å². The van der Waals surface area contributed by atoms with Crippen LogP contribution in [0.2, 0.25) is 0 Å². The van der Waals surface area contributed by atoms with Crippen molar-refractivity contribution in [2.75, 3.05) is 0 Å². The Morgan fingerprint density at radius 3 is 2.63 bits per heavy atom. The molecule has 0 saturated heterocycles. The summed E-state index contributed by atoms with van der Waals surface area (Å²) in [5.41, 5.74) is 3.93. The molecule has 0 aliphatic heterocycles. The molecule has 2 aromatic rings. The molecule has 1 heterocycles. The summed E-state index contributed by atoms with van der Waals surface area (Å²) in [6.07, 6.45) is 4.61. The van der Waals surface area contributed by atoms with Crippen molar-refractivity contribution in [3.05, 3.63) is 53.3 Å². The zero-order chi connectivity index (χ0) is 13.2. The van der Waals surface area contributed by atoms with Crippen LogP contribution in [0.3, 0.4) is 0 Å². The molecule has 0 spiro atoms. The topological polar surface area (TPSA) is 29.9 Å². The Morgan fingerprint density at radius 1 is 1.26 bits per heavy atom. The molecule has 0 bridgehead atoms. The van der Waals surface area contributed by atoms with E-state index in [1.54, 1.807) is 0 Å². The fourth-order valence-corrected chi connectivity index (χ4v) is 2.86. The molecule has 3 heteroatoms. The summed E-state index contributed by atoms with van der Waals surface area (Å²) < 4.78 is 1.89. The highest BCUT2D eigenvalue weighted by Crippen LogP contribution is 2.36. The minimum atomic E-state index is 0.657. The van der Waals surface area contributed by atoms with E-state index in [4.69, 9.17) is 0 Å². The van der Waals surface area contributed by atoms with E-state index in [-0.39, 0.29) is 0 Å². The highest BCUT2D eigenvalue weighted by molar-refractivity contribution is 5.23. The summed E-state index contributed by atoms with van der Waals surface area (Å²) in [7, 11) is 1.98. The van der Waals surface area contributed by atoms with Crippen LogP contribution >= 0.6 is 0 Å². The second-order valence-corrected chi connectivity index (χ2v) is 5.57. The van der Waals surface area contributed by atoms with Crippen LogP contribution in [-0.2, 0) is 13.6 Å². The molecule has 1 aliphatic rings. The summed E-state index contributed by atoms with van der Waals surface area (Å²) in [6.45, 7) is 3.01. The van der Waals surface area contributed by atoms with Gasteiger partial charge in [0.15, 0.2) is 0 Å². The third kappa shape index (κ3) is 2.71. The van der Waals surface area contributed by atoms with Crippen LogP contribution in [0.25, 0.3) is 0 Å². The maximum atomic E-state index is 4.37. The van der Waals surface area contributed by atoms with Crippen LogP contribution in [0.5, 0.6) is 0 Å². The number of aryl methyl sites for hydroxylation is 2. The predicted molar refractivity (Wildman–Crippen MR) is 77.0 cm³/mol. The summed E-state index contributed by atoms with van der Waals surface area (Å²) in [5, 5.41) is 8.01. The number of rotatable bonds is 4. The smallest absolute Gasteiger partial charge is 0.0638 e. The molecule has 1 saturated carbocycles. The van der Waals surface area contributed by atoms with Crippen LogP contribution in [0, 0.1) is 6.92 Å². The number of nitrogens with zero attached hydrogens (tertiary/aromatic N) is 2. The summed E-state index contributed by atoms with van der Waals surface area (Å²) in [6, 6.07) is 11.5. The summed E-state index contributed by atoms with van der Waals surface area (Å²) >= 11 is 0. The molecule has 0 unspecified atom stereocenters. The average molecular weight is 255 g/mol. The lowest BCUT2D eigenvalue weighted by atomic mass is 9.76. The van der Waals surface area contributed by atoms with E-state index >= 15 is 0 Å². The van der Waals surface area contributed by atoms with E-state index in [1.165, 1.54) is 24.0 Å². The van der Waals surface area contributed by atoms with Gasteiger partial charge in [0.05, 0.1) is 5.69 Å². The normalized spacial score (nSPS) is 22.2. The predicted octanol–water partition coefficient (Wildman–Crippen LogP) is 2.76. The van der Waals surface area contributed by atoms with E-state index < -0.39 is 0 Å². The second kappa shape index (κ2) is 5.17. The van der Waals surface area contributed by atoms with Crippen molar-refractivity contribution >= 4 is 0 Å². The molecule has 0 amide bonds. The monoisotopic (exact) mass is 255 g/mol. The first-order chi connectivity index (χ1) is 9.22. The Hall–Kier alpha value is -1.61. The standard InChI is InChI=1S/C16H21N3/c1-12-15(11-19(2)18-12)10-17-16-8-14(9-16)13-6-4-3-5-7-13/h3-7,11,14,16-17H,8-10H2,1-2H3. The Labute approximate surface area is 114 Å². The van der Waals surface area contributed by atoms with Gasteiger partial charge in [0.2, 0.25) is 0 Å². The molecule has 19 heavy (non-hydrogen) atoms. The third-order valence-corrected chi connectivity index (χ3v) is 4.11. The molecule has 1 N–H and O–H groups in total. The van der Waals surface area contributed by atoms with E-state index in [0.717, 1.165) is 18.2 Å². The van der Waals surface area contributed by atoms with Gasteiger partial charge in [0, 0.05) is 31.4 Å². The van der Waals surface area contributed by atoms with Crippen LogP contribution in [0.1, 0.15) is 35.6 Å². The molecule has 1 aromatic carbocycles. The van der Waals surface area contributed by atoms with Crippen molar-refractivity contribution in [1.82, 2.24) is 15.1 Å². The molecule has 100 valence electrons. The zero-order valence-corrected chi connectivity index (χ0v) is 11.6. The minimum absolute atomic E-state index is 0.657. The van der Waals surface area contributed by atoms with Crippen molar-refractivity contribution in [1.29, 1.82) is 0 Å². The molecular formula is C16H21N3. The lowest BCUT2D eigenvalue weighted by molar-refractivity contribution is 0.289. The minimum Gasteiger partial charge on any atom is -0.310 e. The molecule has 1 aliphatic carbocycles. The van der Waals surface area contributed by atoms with Gasteiger partial charge in [-0.1, -0.05) is 30.3 Å². The van der Waals surface area contributed by atoms with Crippen LogP contribution in [-0.4, -0.2) is 15.8 Å². The van der Waals surface area contributed by atoms with Gasteiger partial charge in [-0.05, 0) is 31.2 Å². The molecule has 1 aromatic heterocycles. The quantitative estimate of drug-likeness (QED) is 0.910. The first-order valence-corrected chi connectivity index (χ1v) is 7.00. The first-order valence-electron chi connectivity index (χ1n) is 7.00. The average Bonchev–Trinajstić information content (AvgIpc) is 2.67. The number of nitrogens with one attached hydrogen (secondary N) is 1. The van der Waals surface area contributed by atoms with Crippen LogP contribution in [0.15, 0.2) is 36.5 Å². The van der Waals surface area contributed by atoms with Crippen molar-refractivity contribution < 1.29 is 0 Å². The highest BCUT2D eigenvalue weighted by atomic mass is 15.2. The number of hydrogen-bond acceptors (Lipinski definition) is 2. The van der Waals surface area contributed by atoms with Crippen molar-refractivity contribution in [3.63, 3.8) is 0 Å². The van der Waals surface area contributed by atoms with E-state index in [9.17, 15) is 0 Å². The fourth-order valence-electron chi connectivity index (χ4n) is 2.86. The molecule has 3 nitrogen and oxygen atoms in total. The largest absolute Gasteiger partial charge is 0.310 e. The SMILES string of the molecule is Cc1nn(C)cc1CNC1CC(c2ccccc2)C1. The maximum Gasteiger partial charge on any atom is 0.0638 e. The van der Waals surface area contributed by atoms with Crippen LogP contribution in [0.4, 0.5) is 0 Å². The number of hydrogen-bond donors (Lipinski definition) is 1. The van der Waals surface area contributed by atoms with E-state index in [2.05, 4.69) is 53.9 Å². The lowest BCUT2D eigenvalue weighted by Gasteiger charge is -2.36. The van der Waals surface area contributed by atoms with E-state index in [1.807, 2.05) is 11.7 Å². The lowest BCUT2D eigenvalue weighted by Crippen LogP contribution is -2.39. The molecule has 0 atom stereocenters. The van der Waals surface area contributed by atoms with Gasteiger partial charge >= 0.3 is 0 Å². The Kier molecular flexibility index (Phi) is 3.38. The third-order valence-electron chi connectivity index (χ3n) is 4.11. The fraction of sp³-hybridized carbons (Fsp3) is 0.438. The summed E-state index contributed by atoms with van der Waals surface area (Å²) in [5.74, 6) is 0.744. The van der Waals surface area contributed by atoms with Crippen LogP contribution < -0.4 is 5.32 Å². The van der Waals surface area contributed by atoms with Gasteiger partial charge in [-0.3, -0.25) is 4.68 Å². The first kappa shape index (κ1) is 12.4. The number of aromatic nitrogens is 2.